The number of carboxylic acids is 2. The maximum atomic E-state index is 11.1. The molecular weight excluding hydrogens is 1080 g/mol. The van der Waals surface area contributed by atoms with Crippen LogP contribution in [0.3, 0.4) is 0 Å². The van der Waals surface area contributed by atoms with Crippen LogP contribution >= 0.6 is 31.9 Å². The first-order chi connectivity index (χ1) is 35.6. The number of aliphatic carboxylic acids is 2. The zero-order valence-corrected chi connectivity index (χ0v) is 43.2. The topological polar surface area (TPSA) is 297 Å². The maximum absolute atomic E-state index is 11.1. The summed E-state index contributed by atoms with van der Waals surface area (Å²) in [5.41, 5.74) is 8.95. The Hall–Kier alpha value is -7.92. The standard InChI is InChI=1S/C54H48Br2N8O10/c1-31-39(29-73-53-47(55)15-41(23-61-25-43(65)17-49(67)68)51(63-53)71-27-37-11-33(19-57)9-34(12-37)20-58)5-3-7-45(31)46-8-4-6-40(32(46)2)30-74-54-48(56)16-42(24-62-26-44(66)18-50(69)70)52(64-54)72-28-38-13-35(21-59)10-36(14-38)22-60/h3-16,43-44,61-62,65-66H,17-18,23-30H2,1-2H3,(H,67,68)(H,69,70)/t43-,44-/m0/s1. The summed E-state index contributed by atoms with van der Waals surface area (Å²) in [4.78, 5) is 31.6. The second kappa shape index (κ2) is 26.7. The summed E-state index contributed by atoms with van der Waals surface area (Å²) >= 11 is 7.16. The molecule has 0 bridgehead atoms. The van der Waals surface area contributed by atoms with Gasteiger partial charge in [-0.1, -0.05) is 36.4 Å². The van der Waals surface area contributed by atoms with Crippen molar-refractivity contribution in [2.45, 2.75) is 78.4 Å². The van der Waals surface area contributed by atoms with Crippen LogP contribution in [0.4, 0.5) is 0 Å². The SMILES string of the molecule is Cc1c(COc2nc(OCc3cc(C#N)cc(C#N)c3)c(CNC[C@@H](O)CC(=O)O)cc2Br)cccc1-c1cccc(COc2nc(OCc3cc(C#N)cc(C#N)c3)c(CNC[C@@H](O)CC(=O)O)cc2Br)c1C. The third-order valence-corrected chi connectivity index (χ3v) is 12.5. The van der Waals surface area contributed by atoms with Gasteiger partial charge in [0.05, 0.1) is 80.5 Å². The van der Waals surface area contributed by atoms with Crippen LogP contribution in [0.2, 0.25) is 0 Å². The molecule has 6 aromatic rings. The molecule has 0 spiro atoms. The molecule has 0 amide bonds. The second-order valence-corrected chi connectivity index (χ2v) is 18.6. The Balaban J connectivity index is 1.20. The van der Waals surface area contributed by atoms with Gasteiger partial charge in [0.15, 0.2) is 0 Å². The molecular formula is C54H48Br2N8O10. The molecule has 2 heterocycles. The monoisotopic (exact) mass is 1130 g/mol. The van der Waals surface area contributed by atoms with Crippen molar-refractivity contribution in [2.24, 2.45) is 0 Å². The molecule has 0 aliphatic rings. The predicted octanol–water partition coefficient (Wildman–Crippen LogP) is 7.94. The lowest BCUT2D eigenvalue weighted by Gasteiger charge is -2.18. The average Bonchev–Trinajstić information content (AvgIpc) is 3.37. The molecule has 378 valence electrons. The van der Waals surface area contributed by atoms with Gasteiger partial charge in [0, 0.05) is 37.3 Å². The summed E-state index contributed by atoms with van der Waals surface area (Å²) in [7, 11) is 0. The van der Waals surface area contributed by atoms with Crippen LogP contribution in [0.15, 0.2) is 93.9 Å². The number of pyridine rings is 2. The number of ether oxygens (including phenoxy) is 4. The maximum Gasteiger partial charge on any atom is 0.306 e. The lowest BCUT2D eigenvalue weighted by molar-refractivity contribution is -0.140. The third-order valence-electron chi connectivity index (χ3n) is 11.3. The summed E-state index contributed by atoms with van der Waals surface area (Å²) in [6, 6.07) is 32.9. The van der Waals surface area contributed by atoms with Gasteiger partial charge in [-0.25, -0.2) is 0 Å². The Labute approximate surface area is 443 Å². The lowest BCUT2D eigenvalue weighted by Crippen LogP contribution is -2.28. The first kappa shape index (κ1) is 55.4. The van der Waals surface area contributed by atoms with Crippen LogP contribution in [0.25, 0.3) is 11.1 Å². The number of nitriles is 4. The van der Waals surface area contributed by atoms with Gasteiger partial charge in [0.25, 0.3) is 0 Å². The molecule has 0 saturated carbocycles. The largest absolute Gasteiger partial charge is 0.481 e. The van der Waals surface area contributed by atoms with Gasteiger partial charge < -0.3 is 50.0 Å². The number of hydrogen-bond donors (Lipinski definition) is 6. The van der Waals surface area contributed by atoms with E-state index in [1.165, 1.54) is 12.1 Å². The number of nitrogens with zero attached hydrogens (tertiary/aromatic N) is 6. The molecule has 20 heteroatoms. The fourth-order valence-electron chi connectivity index (χ4n) is 7.66. The number of carboxylic acid groups (broad SMARTS) is 2. The van der Waals surface area contributed by atoms with Gasteiger partial charge in [0.2, 0.25) is 23.5 Å². The summed E-state index contributed by atoms with van der Waals surface area (Å²) in [5, 5.41) is 82.5. The van der Waals surface area contributed by atoms with Crippen LogP contribution in [0.1, 0.15) is 79.6 Å². The molecule has 6 rings (SSSR count). The van der Waals surface area contributed by atoms with Crippen molar-refractivity contribution in [1.82, 2.24) is 20.6 Å². The quantitative estimate of drug-likeness (QED) is 0.0317. The molecule has 0 aliphatic carbocycles. The highest BCUT2D eigenvalue weighted by atomic mass is 79.9. The summed E-state index contributed by atoms with van der Waals surface area (Å²) < 4.78 is 26.0. The van der Waals surface area contributed by atoms with E-state index in [0.29, 0.717) is 53.5 Å². The van der Waals surface area contributed by atoms with Crippen LogP contribution < -0.4 is 29.6 Å². The zero-order valence-electron chi connectivity index (χ0n) is 40.0. The highest BCUT2D eigenvalue weighted by Crippen LogP contribution is 2.35. The number of benzene rings is 4. The van der Waals surface area contributed by atoms with Crippen molar-refractivity contribution >= 4 is 43.8 Å². The van der Waals surface area contributed by atoms with Crippen molar-refractivity contribution in [2.75, 3.05) is 13.1 Å². The first-order valence-electron chi connectivity index (χ1n) is 22.7. The first-order valence-corrected chi connectivity index (χ1v) is 24.3. The van der Waals surface area contributed by atoms with E-state index in [4.69, 9.17) is 39.1 Å². The van der Waals surface area contributed by atoms with Crippen molar-refractivity contribution in [3.63, 3.8) is 0 Å². The number of aliphatic hydroxyl groups excluding tert-OH is 2. The Bertz CT molecular complexity index is 2940. The van der Waals surface area contributed by atoms with Crippen LogP contribution in [-0.2, 0) is 49.1 Å². The number of rotatable bonds is 25. The summed E-state index contributed by atoms with van der Waals surface area (Å²) in [5.74, 6) is -1.49. The van der Waals surface area contributed by atoms with E-state index in [1.54, 1.807) is 36.4 Å². The Morgan fingerprint density at radius 1 is 0.541 bits per heavy atom. The van der Waals surface area contributed by atoms with Gasteiger partial charge in [-0.2, -0.15) is 31.0 Å². The van der Waals surface area contributed by atoms with Crippen molar-refractivity contribution in [3.8, 4) is 58.9 Å². The number of nitrogens with one attached hydrogen (secondary N) is 2. The minimum absolute atomic E-state index is 0.0107. The van der Waals surface area contributed by atoms with E-state index < -0.39 is 37.0 Å². The average molecular weight is 1130 g/mol. The molecule has 4 aromatic carbocycles. The van der Waals surface area contributed by atoms with Crippen molar-refractivity contribution in [1.29, 1.82) is 21.0 Å². The normalized spacial score (nSPS) is 11.5. The lowest BCUT2D eigenvalue weighted by atomic mass is 9.92. The van der Waals surface area contributed by atoms with Gasteiger partial charge in [-0.3, -0.25) is 9.59 Å². The molecule has 2 atom stereocenters. The Kier molecular flexibility index (Phi) is 20.0. The molecule has 18 nitrogen and oxygen atoms in total. The van der Waals surface area contributed by atoms with Crippen molar-refractivity contribution < 1.29 is 49.0 Å². The van der Waals surface area contributed by atoms with Crippen LogP contribution in [0, 0.1) is 59.2 Å². The summed E-state index contributed by atoms with van der Waals surface area (Å²) in [6.07, 6.45) is -3.12. The summed E-state index contributed by atoms with van der Waals surface area (Å²) in [6.45, 7) is 4.41. The van der Waals surface area contributed by atoms with E-state index in [1.807, 2.05) is 74.5 Å². The van der Waals surface area contributed by atoms with E-state index in [2.05, 4.69) is 42.5 Å². The Morgan fingerprint density at radius 2 is 0.892 bits per heavy atom. The minimum atomic E-state index is -1.13. The zero-order chi connectivity index (χ0) is 53.3. The van der Waals surface area contributed by atoms with Gasteiger partial charge in [-0.15, -0.1) is 0 Å². The van der Waals surface area contributed by atoms with Gasteiger partial charge in [-0.05, 0) is 139 Å². The highest BCUT2D eigenvalue weighted by Gasteiger charge is 2.20. The van der Waals surface area contributed by atoms with E-state index >= 15 is 0 Å². The molecule has 0 fully saturated rings. The minimum Gasteiger partial charge on any atom is -0.481 e. The molecule has 6 N–H and O–H groups in total. The van der Waals surface area contributed by atoms with Crippen LogP contribution in [-0.4, -0.2) is 67.6 Å². The molecule has 2 aromatic heterocycles. The van der Waals surface area contributed by atoms with Gasteiger partial charge >= 0.3 is 11.9 Å². The molecule has 0 aliphatic heterocycles. The number of aromatic nitrogens is 2. The molecule has 0 radical (unpaired) electrons. The fourth-order valence-corrected chi connectivity index (χ4v) is 8.61. The molecule has 0 saturated heterocycles. The van der Waals surface area contributed by atoms with Crippen LogP contribution in [0.5, 0.6) is 23.5 Å². The molecule has 0 unspecified atom stereocenters. The van der Waals surface area contributed by atoms with Gasteiger partial charge in [0.1, 0.15) is 26.4 Å². The van der Waals surface area contributed by atoms with E-state index in [-0.39, 0.29) is 76.1 Å². The number of carbonyl (C=O) groups is 2. The predicted molar refractivity (Wildman–Crippen MR) is 274 cm³/mol. The smallest absolute Gasteiger partial charge is 0.306 e. The van der Waals surface area contributed by atoms with Crippen molar-refractivity contribution in [3.05, 3.63) is 161 Å². The Morgan fingerprint density at radius 3 is 1.23 bits per heavy atom. The third kappa shape index (κ3) is 15.5. The van der Waals surface area contributed by atoms with E-state index in [9.17, 15) is 40.8 Å². The number of halogens is 2. The van der Waals surface area contributed by atoms with E-state index in [0.717, 1.165) is 33.4 Å². The fraction of sp³-hybridized carbons (Fsp3) is 0.259. The number of aliphatic hydroxyl groups is 2. The molecule has 74 heavy (non-hydrogen) atoms. The number of hydrogen-bond acceptors (Lipinski definition) is 16. The second-order valence-electron chi connectivity index (χ2n) is 16.9. The highest BCUT2D eigenvalue weighted by molar-refractivity contribution is 9.10.